The lowest BCUT2D eigenvalue weighted by Gasteiger charge is -1.92. The van der Waals surface area contributed by atoms with E-state index in [-0.39, 0.29) is 0 Å². The highest BCUT2D eigenvalue weighted by molar-refractivity contribution is 5.26. The average molecular weight is 189 g/mol. The van der Waals surface area contributed by atoms with Crippen molar-refractivity contribution in [1.29, 1.82) is 0 Å². The summed E-state index contributed by atoms with van der Waals surface area (Å²) in [5.74, 6) is 0. The Morgan fingerprint density at radius 2 is 1.93 bits per heavy atom. The SMILES string of the molecule is [CH2]C=CC=C(C=CC=CCCC)CC. The summed E-state index contributed by atoms with van der Waals surface area (Å²) in [6.07, 6.45) is 17.9. The molecule has 0 fully saturated rings. The Morgan fingerprint density at radius 3 is 2.50 bits per heavy atom. The van der Waals surface area contributed by atoms with Crippen LogP contribution >= 0.6 is 0 Å². The van der Waals surface area contributed by atoms with Crippen LogP contribution in [-0.2, 0) is 0 Å². The van der Waals surface area contributed by atoms with Crippen LogP contribution in [-0.4, -0.2) is 0 Å². The normalized spacial score (nSPS) is 13.8. The summed E-state index contributed by atoms with van der Waals surface area (Å²) in [6, 6.07) is 0. The predicted octanol–water partition coefficient (Wildman–Crippen LogP) is 4.63. The van der Waals surface area contributed by atoms with Crippen LogP contribution in [0.3, 0.4) is 0 Å². The number of hydrogen-bond acceptors (Lipinski definition) is 0. The van der Waals surface area contributed by atoms with E-state index in [0.29, 0.717) is 0 Å². The van der Waals surface area contributed by atoms with E-state index in [1.807, 2.05) is 6.08 Å². The summed E-state index contributed by atoms with van der Waals surface area (Å²) in [5.41, 5.74) is 1.33. The minimum atomic E-state index is 1.06. The molecule has 0 bridgehead atoms. The van der Waals surface area contributed by atoms with Gasteiger partial charge in [0, 0.05) is 0 Å². The Bertz CT molecular complexity index is 226. The molecule has 0 nitrogen and oxygen atoms in total. The lowest BCUT2D eigenvalue weighted by molar-refractivity contribution is 0.959. The van der Waals surface area contributed by atoms with Crippen LogP contribution in [0.4, 0.5) is 0 Å². The van der Waals surface area contributed by atoms with Crippen molar-refractivity contribution in [2.45, 2.75) is 33.1 Å². The van der Waals surface area contributed by atoms with Gasteiger partial charge in [0.05, 0.1) is 0 Å². The Kier molecular flexibility index (Phi) is 9.30. The first-order valence-corrected chi connectivity index (χ1v) is 5.33. The average Bonchev–Trinajstić information content (AvgIpc) is 2.22. The van der Waals surface area contributed by atoms with Crippen molar-refractivity contribution in [2.24, 2.45) is 0 Å². The number of rotatable bonds is 6. The second kappa shape index (κ2) is 10.0. The van der Waals surface area contributed by atoms with Gasteiger partial charge in [0.2, 0.25) is 0 Å². The zero-order valence-electron chi connectivity index (χ0n) is 9.37. The van der Waals surface area contributed by atoms with Crippen LogP contribution in [0.1, 0.15) is 33.1 Å². The number of allylic oxidation sites excluding steroid dienone is 8. The molecule has 0 aliphatic heterocycles. The smallest absolute Gasteiger partial charge is 0.0307 e. The van der Waals surface area contributed by atoms with E-state index in [9.17, 15) is 0 Å². The summed E-state index contributed by atoms with van der Waals surface area (Å²) in [4.78, 5) is 0. The third kappa shape index (κ3) is 7.60. The molecule has 0 unspecified atom stereocenters. The fraction of sp³-hybridized carbons (Fsp3) is 0.357. The second-order valence-electron chi connectivity index (χ2n) is 3.10. The molecule has 1 radical (unpaired) electrons. The topological polar surface area (TPSA) is 0 Å². The van der Waals surface area contributed by atoms with Gasteiger partial charge in [-0.2, -0.15) is 0 Å². The van der Waals surface area contributed by atoms with Crippen molar-refractivity contribution in [3.63, 3.8) is 0 Å². The molecule has 0 aliphatic rings. The highest BCUT2D eigenvalue weighted by Gasteiger charge is 1.82. The van der Waals surface area contributed by atoms with E-state index in [4.69, 9.17) is 0 Å². The monoisotopic (exact) mass is 189 g/mol. The Balaban J connectivity index is 4.04. The van der Waals surface area contributed by atoms with Crippen LogP contribution < -0.4 is 0 Å². The second-order valence-corrected chi connectivity index (χ2v) is 3.10. The zero-order chi connectivity index (χ0) is 10.6. The molecule has 14 heavy (non-hydrogen) atoms. The molecule has 0 aliphatic carbocycles. The molecule has 0 aromatic carbocycles. The molecule has 0 atom stereocenters. The fourth-order valence-electron chi connectivity index (χ4n) is 1.00. The van der Waals surface area contributed by atoms with Crippen LogP contribution in [0.5, 0.6) is 0 Å². The molecular weight excluding hydrogens is 168 g/mol. The predicted molar refractivity (Wildman–Crippen MR) is 66.1 cm³/mol. The zero-order valence-corrected chi connectivity index (χ0v) is 9.37. The molecule has 0 aromatic heterocycles. The molecular formula is C14H21. The Hall–Kier alpha value is -1.04. The van der Waals surface area contributed by atoms with Gasteiger partial charge >= 0.3 is 0 Å². The van der Waals surface area contributed by atoms with Gasteiger partial charge in [-0.3, -0.25) is 0 Å². The summed E-state index contributed by atoms with van der Waals surface area (Å²) in [5, 5.41) is 0. The van der Waals surface area contributed by atoms with E-state index in [0.717, 1.165) is 12.8 Å². The van der Waals surface area contributed by atoms with Gasteiger partial charge in [-0.1, -0.05) is 62.8 Å². The van der Waals surface area contributed by atoms with E-state index >= 15 is 0 Å². The minimum absolute atomic E-state index is 1.06. The van der Waals surface area contributed by atoms with Gasteiger partial charge in [0.15, 0.2) is 0 Å². The Morgan fingerprint density at radius 1 is 1.14 bits per heavy atom. The van der Waals surface area contributed by atoms with Crippen LogP contribution in [0.2, 0.25) is 0 Å². The molecule has 0 saturated heterocycles. The van der Waals surface area contributed by atoms with Gasteiger partial charge in [-0.05, 0) is 25.3 Å². The molecule has 0 spiro atoms. The van der Waals surface area contributed by atoms with Crippen molar-refractivity contribution in [3.05, 3.63) is 55.0 Å². The van der Waals surface area contributed by atoms with Gasteiger partial charge in [0.1, 0.15) is 0 Å². The quantitative estimate of drug-likeness (QED) is 0.535. The largest absolute Gasteiger partial charge is 0.0845 e. The van der Waals surface area contributed by atoms with Crippen LogP contribution in [0.15, 0.2) is 48.1 Å². The van der Waals surface area contributed by atoms with Crippen molar-refractivity contribution in [1.82, 2.24) is 0 Å². The first-order valence-electron chi connectivity index (χ1n) is 5.33. The molecule has 77 valence electrons. The van der Waals surface area contributed by atoms with E-state index in [1.165, 1.54) is 12.0 Å². The van der Waals surface area contributed by atoms with Gasteiger partial charge in [0.25, 0.3) is 0 Å². The van der Waals surface area contributed by atoms with Crippen molar-refractivity contribution in [2.75, 3.05) is 0 Å². The molecule has 0 amide bonds. The van der Waals surface area contributed by atoms with E-state index in [2.05, 4.69) is 51.2 Å². The number of unbranched alkanes of at least 4 members (excludes halogenated alkanes) is 1. The molecule has 0 N–H and O–H groups in total. The van der Waals surface area contributed by atoms with E-state index in [1.54, 1.807) is 6.08 Å². The molecule has 0 aromatic rings. The maximum absolute atomic E-state index is 3.65. The standard InChI is InChI=1S/C14H21/c1-4-7-9-10-11-13-14(6-3)12-8-5-2/h5,8-13H,2,4,6-7H2,1,3H3. The molecule has 0 heterocycles. The first kappa shape index (κ1) is 13.0. The van der Waals surface area contributed by atoms with Crippen molar-refractivity contribution < 1.29 is 0 Å². The summed E-state index contributed by atoms with van der Waals surface area (Å²) >= 11 is 0. The number of hydrogen-bond donors (Lipinski definition) is 0. The Labute approximate surface area is 88.7 Å². The van der Waals surface area contributed by atoms with Gasteiger partial charge in [-0.25, -0.2) is 0 Å². The van der Waals surface area contributed by atoms with E-state index < -0.39 is 0 Å². The van der Waals surface area contributed by atoms with Crippen LogP contribution in [0.25, 0.3) is 0 Å². The first-order chi connectivity index (χ1) is 6.85. The highest BCUT2D eigenvalue weighted by Crippen LogP contribution is 2.03. The third-order valence-electron chi connectivity index (χ3n) is 1.87. The lowest BCUT2D eigenvalue weighted by atomic mass is 10.1. The summed E-state index contributed by atoms with van der Waals surface area (Å²) in [7, 11) is 0. The molecule has 0 saturated carbocycles. The maximum Gasteiger partial charge on any atom is -0.0307 e. The summed E-state index contributed by atoms with van der Waals surface area (Å²) in [6.45, 7) is 7.99. The highest BCUT2D eigenvalue weighted by atomic mass is 13.9. The fourth-order valence-corrected chi connectivity index (χ4v) is 1.00. The van der Waals surface area contributed by atoms with Crippen molar-refractivity contribution in [3.8, 4) is 0 Å². The van der Waals surface area contributed by atoms with Crippen molar-refractivity contribution >= 4 is 0 Å². The minimum Gasteiger partial charge on any atom is -0.0845 e. The molecule has 0 rings (SSSR count). The summed E-state index contributed by atoms with van der Waals surface area (Å²) < 4.78 is 0. The maximum atomic E-state index is 3.65. The van der Waals surface area contributed by atoms with Crippen LogP contribution in [0, 0.1) is 6.92 Å². The third-order valence-corrected chi connectivity index (χ3v) is 1.87. The van der Waals surface area contributed by atoms with Gasteiger partial charge < -0.3 is 0 Å². The molecule has 0 heteroatoms. The van der Waals surface area contributed by atoms with Gasteiger partial charge in [-0.15, -0.1) is 0 Å². The lowest BCUT2D eigenvalue weighted by Crippen LogP contribution is -1.72.